The zero-order valence-corrected chi connectivity index (χ0v) is 25.5. The van der Waals surface area contributed by atoms with Crippen LogP contribution in [-0.2, 0) is 0 Å². The number of ether oxygens (including phenoxy) is 1. The molecule has 5 aliphatic rings. The molecule has 5 atom stereocenters. The molecule has 8 nitrogen and oxygen atoms in total. The molecule has 2 bridgehead atoms. The summed E-state index contributed by atoms with van der Waals surface area (Å²) >= 11 is 0. The van der Waals surface area contributed by atoms with E-state index < -0.39 is 11.5 Å². The Kier molecular flexibility index (Phi) is 6.11. The van der Waals surface area contributed by atoms with E-state index in [9.17, 15) is 5.11 Å². The lowest BCUT2D eigenvalue weighted by molar-refractivity contribution is 0.0811. The fraction of sp³-hybridized carbons (Fsp3) is 0.514. The van der Waals surface area contributed by atoms with E-state index in [1.807, 2.05) is 25.1 Å². The number of benzene rings is 2. The highest BCUT2D eigenvalue weighted by atomic mass is 19.1. The minimum absolute atomic E-state index is 0.0420. The Morgan fingerprint density at radius 2 is 1.93 bits per heavy atom. The second-order valence-corrected chi connectivity index (χ2v) is 14.2. The Morgan fingerprint density at radius 1 is 1.09 bits per heavy atom. The number of aryl methyl sites for hydroxylation is 1. The summed E-state index contributed by atoms with van der Waals surface area (Å²) in [5, 5.41) is 16.4. The lowest BCUT2D eigenvalue weighted by Gasteiger charge is -2.35. The number of nitrogens with one attached hydrogen (secondary N) is 1. The van der Waals surface area contributed by atoms with Crippen molar-refractivity contribution in [2.75, 3.05) is 31.1 Å². The van der Waals surface area contributed by atoms with Gasteiger partial charge in [-0.15, -0.1) is 0 Å². The summed E-state index contributed by atoms with van der Waals surface area (Å²) in [4.78, 5) is 18.8. The van der Waals surface area contributed by atoms with Crippen molar-refractivity contribution in [1.82, 2.24) is 25.2 Å². The van der Waals surface area contributed by atoms with Crippen molar-refractivity contribution in [3.63, 3.8) is 0 Å². The molecule has 2 unspecified atom stereocenters. The molecule has 234 valence electrons. The molecule has 4 aliphatic heterocycles. The average molecular weight is 613 g/mol. The van der Waals surface area contributed by atoms with Crippen molar-refractivity contribution in [3.05, 3.63) is 47.9 Å². The first-order valence-electron chi connectivity index (χ1n) is 16.5. The number of nitrogens with zero attached hydrogens (tertiary/aromatic N) is 5. The fourth-order valence-corrected chi connectivity index (χ4v) is 9.51. The molecule has 4 saturated heterocycles. The van der Waals surface area contributed by atoms with E-state index >= 15 is 8.78 Å². The van der Waals surface area contributed by atoms with Gasteiger partial charge in [0, 0.05) is 49.4 Å². The number of alkyl halides is 1. The van der Waals surface area contributed by atoms with Crippen LogP contribution in [0.4, 0.5) is 14.6 Å². The van der Waals surface area contributed by atoms with Crippen molar-refractivity contribution in [1.29, 1.82) is 0 Å². The fourth-order valence-electron chi connectivity index (χ4n) is 9.51. The van der Waals surface area contributed by atoms with Crippen LogP contribution in [0.1, 0.15) is 56.9 Å². The maximum atomic E-state index is 16.8. The van der Waals surface area contributed by atoms with Crippen LogP contribution in [0.25, 0.3) is 32.9 Å². The number of aromatic nitrogens is 3. The van der Waals surface area contributed by atoms with Crippen molar-refractivity contribution in [3.8, 4) is 23.0 Å². The molecule has 0 radical (unpaired) electrons. The lowest BCUT2D eigenvalue weighted by Crippen LogP contribution is -2.51. The number of halogens is 2. The van der Waals surface area contributed by atoms with E-state index in [2.05, 4.69) is 20.1 Å². The second kappa shape index (κ2) is 9.93. The highest BCUT2D eigenvalue weighted by Crippen LogP contribution is 2.55. The lowest BCUT2D eigenvalue weighted by atomic mass is 9.88. The summed E-state index contributed by atoms with van der Waals surface area (Å²) in [6.07, 6.45) is 8.66. The molecule has 6 heterocycles. The molecule has 1 aliphatic carbocycles. The molecule has 9 rings (SSSR count). The van der Waals surface area contributed by atoms with Crippen LogP contribution in [0.15, 0.2) is 36.5 Å². The summed E-state index contributed by atoms with van der Waals surface area (Å²) in [7, 11) is 0. The van der Waals surface area contributed by atoms with Gasteiger partial charge in [0.05, 0.1) is 10.9 Å². The van der Waals surface area contributed by atoms with Crippen molar-refractivity contribution in [2.24, 2.45) is 0 Å². The first-order chi connectivity index (χ1) is 21.8. The summed E-state index contributed by atoms with van der Waals surface area (Å²) in [5.41, 5.74) is 0.191. The minimum Gasteiger partial charge on any atom is -0.508 e. The van der Waals surface area contributed by atoms with Gasteiger partial charge in [-0.3, -0.25) is 9.88 Å². The number of rotatable bonds is 5. The number of hydrogen-bond acceptors (Lipinski definition) is 8. The van der Waals surface area contributed by atoms with E-state index in [1.165, 1.54) is 0 Å². The van der Waals surface area contributed by atoms with Crippen LogP contribution >= 0.6 is 0 Å². The molecule has 0 amide bonds. The maximum absolute atomic E-state index is 16.8. The first kappa shape index (κ1) is 27.7. The number of hydrogen-bond donors (Lipinski definition) is 2. The molecule has 0 spiro atoms. The molecule has 4 aromatic rings. The molecule has 45 heavy (non-hydrogen) atoms. The summed E-state index contributed by atoms with van der Waals surface area (Å²) in [6, 6.07) is 9.81. The van der Waals surface area contributed by atoms with Gasteiger partial charge in [0.25, 0.3) is 0 Å². The third-order valence-electron chi connectivity index (χ3n) is 11.4. The molecule has 2 aromatic heterocycles. The van der Waals surface area contributed by atoms with Gasteiger partial charge in [-0.2, -0.15) is 9.97 Å². The van der Waals surface area contributed by atoms with Gasteiger partial charge in [-0.05, 0) is 86.9 Å². The van der Waals surface area contributed by atoms with Crippen LogP contribution in [-0.4, -0.2) is 80.5 Å². The normalized spacial score (nSPS) is 30.8. The van der Waals surface area contributed by atoms with Crippen LogP contribution in [0.5, 0.6) is 11.8 Å². The Bertz CT molecular complexity index is 1840. The Hall–Kier alpha value is -3.63. The van der Waals surface area contributed by atoms with Gasteiger partial charge in [0.1, 0.15) is 35.1 Å². The Balaban J connectivity index is 1.15. The van der Waals surface area contributed by atoms with Gasteiger partial charge in [0.2, 0.25) is 0 Å². The van der Waals surface area contributed by atoms with Gasteiger partial charge in [-0.1, -0.05) is 18.2 Å². The number of anilines is 1. The predicted molar refractivity (Wildman–Crippen MR) is 169 cm³/mol. The number of aromatic hydroxyl groups is 1. The number of pyridine rings is 1. The zero-order chi connectivity index (χ0) is 30.5. The molecule has 5 fully saturated rings. The summed E-state index contributed by atoms with van der Waals surface area (Å²) < 4.78 is 39.2. The Labute approximate surface area is 260 Å². The van der Waals surface area contributed by atoms with E-state index in [0.717, 1.165) is 74.5 Å². The standard InChI is InChI=1S/C35H38F2N6O2/c1-20-5-2-6-21-13-24(44)14-25(28(20)21)30-29(36)31-26(15-38-30)32(42-16-22-8-9-23(17-42)39-22)41-33(40-31)45-19-34-10-4-12-43(34)27-7-3-11-35(27,37)18-34/h2,5-6,13-15,22-23,27,39,44H,3-4,7-12,16-19H2,1H3/t22?,23?,27-,34-,35+/m0/s1. The number of phenolic OH excluding ortho intramolecular Hbond substituents is 1. The van der Waals surface area contributed by atoms with Crippen LogP contribution in [0.2, 0.25) is 0 Å². The van der Waals surface area contributed by atoms with Crippen LogP contribution < -0.4 is 15.0 Å². The second-order valence-electron chi connectivity index (χ2n) is 14.2. The van der Waals surface area contributed by atoms with Crippen molar-refractivity contribution in [2.45, 2.75) is 87.6 Å². The molecular weight excluding hydrogens is 574 g/mol. The van der Waals surface area contributed by atoms with E-state index in [4.69, 9.17) is 14.7 Å². The smallest absolute Gasteiger partial charge is 0.319 e. The summed E-state index contributed by atoms with van der Waals surface area (Å²) in [6.45, 7) is 4.64. The minimum atomic E-state index is -1.16. The number of piperazine rings is 1. The zero-order valence-electron chi connectivity index (χ0n) is 25.5. The highest BCUT2D eigenvalue weighted by Gasteiger charge is 2.63. The van der Waals surface area contributed by atoms with Crippen molar-refractivity contribution >= 4 is 27.5 Å². The van der Waals surface area contributed by atoms with Gasteiger partial charge < -0.3 is 20.1 Å². The highest BCUT2D eigenvalue weighted by molar-refractivity contribution is 6.01. The maximum Gasteiger partial charge on any atom is 0.319 e. The third-order valence-corrected chi connectivity index (χ3v) is 11.4. The summed E-state index contributed by atoms with van der Waals surface area (Å²) in [5.74, 6) is 0.0859. The van der Waals surface area contributed by atoms with Crippen LogP contribution in [0, 0.1) is 12.7 Å². The van der Waals surface area contributed by atoms with E-state index in [-0.39, 0.29) is 41.2 Å². The quantitative estimate of drug-likeness (QED) is 0.292. The number of phenols is 1. The van der Waals surface area contributed by atoms with E-state index in [1.54, 1.807) is 18.3 Å². The molecule has 2 N–H and O–H groups in total. The van der Waals surface area contributed by atoms with Gasteiger partial charge >= 0.3 is 6.01 Å². The van der Waals surface area contributed by atoms with Crippen LogP contribution in [0.3, 0.4) is 0 Å². The monoisotopic (exact) mass is 612 g/mol. The molecule has 1 saturated carbocycles. The predicted octanol–water partition coefficient (Wildman–Crippen LogP) is 5.82. The topological polar surface area (TPSA) is 86.6 Å². The first-order valence-corrected chi connectivity index (χ1v) is 16.5. The number of fused-ring (bicyclic) bond motifs is 7. The molecule has 10 heteroatoms. The average Bonchev–Trinajstić information content (AvgIpc) is 3.74. The SMILES string of the molecule is Cc1cccc2cc(O)cc(-c3ncc4c(N5CC6CCC(C5)N6)nc(OC[C@@]56CCCN5[C@H]5CCC[C@@]5(F)C6)nc4c3F)c12. The Morgan fingerprint density at radius 3 is 2.78 bits per heavy atom. The van der Waals surface area contributed by atoms with Crippen molar-refractivity contribution < 1.29 is 18.6 Å². The third kappa shape index (κ3) is 4.24. The molecule has 2 aromatic carbocycles. The molecular formula is C35H38F2N6O2. The van der Waals surface area contributed by atoms with Gasteiger partial charge in [0.15, 0.2) is 5.82 Å². The van der Waals surface area contributed by atoms with Gasteiger partial charge in [-0.25, -0.2) is 8.78 Å². The largest absolute Gasteiger partial charge is 0.508 e. The van der Waals surface area contributed by atoms with E-state index in [0.29, 0.717) is 41.7 Å².